The zero-order valence-corrected chi connectivity index (χ0v) is 5.29. The largest absolute Gasteiger partial charge is 0.395 e. The van der Waals surface area contributed by atoms with E-state index in [0.717, 1.165) is 0 Å². The average molecular weight is 140 g/mol. The van der Waals surface area contributed by atoms with Crippen LogP contribution in [0.4, 0.5) is 4.39 Å². The van der Waals surface area contributed by atoms with Crippen LogP contribution in [-0.4, -0.2) is 34.1 Å². The number of aliphatic hydroxyl groups excluding tert-OH is 1. The predicted molar refractivity (Wildman–Crippen MR) is 30.9 cm³/mol. The Morgan fingerprint density at radius 3 is 2.50 bits per heavy atom. The lowest BCUT2D eigenvalue weighted by Gasteiger charge is -1.91. The molecule has 1 unspecified atom stereocenters. The molecule has 0 amide bonds. The molecule has 0 aliphatic carbocycles. The van der Waals surface area contributed by atoms with Gasteiger partial charge in [-0.2, -0.15) is 0 Å². The van der Waals surface area contributed by atoms with E-state index in [4.69, 9.17) is 5.11 Å². The van der Waals surface area contributed by atoms with E-state index in [2.05, 4.69) is 0 Å². The molecule has 2 nitrogen and oxygen atoms in total. The molecule has 1 atom stereocenters. The Morgan fingerprint density at radius 2 is 2.12 bits per heavy atom. The Hall–Kier alpha value is 0.0400. The summed E-state index contributed by atoms with van der Waals surface area (Å²) in [6.07, 6.45) is 0. The number of alkyl halides is 1. The first-order chi connectivity index (χ1) is 3.81. The van der Waals surface area contributed by atoms with Crippen molar-refractivity contribution in [3.8, 4) is 0 Å². The lowest BCUT2D eigenvalue weighted by atomic mass is 10.9. The van der Waals surface area contributed by atoms with Gasteiger partial charge in [0, 0.05) is 16.6 Å². The van der Waals surface area contributed by atoms with Crippen LogP contribution in [0.25, 0.3) is 0 Å². The van der Waals surface area contributed by atoms with Gasteiger partial charge in [0.25, 0.3) is 0 Å². The van der Waals surface area contributed by atoms with Gasteiger partial charge in [0.1, 0.15) is 6.67 Å². The molecule has 8 heavy (non-hydrogen) atoms. The lowest BCUT2D eigenvalue weighted by Crippen LogP contribution is -2.06. The molecule has 0 aromatic carbocycles. The molecule has 0 bridgehead atoms. The number of hydrogen-bond acceptors (Lipinski definition) is 2. The van der Waals surface area contributed by atoms with Gasteiger partial charge in [-0.1, -0.05) is 0 Å². The van der Waals surface area contributed by atoms with Crippen molar-refractivity contribution in [3.05, 3.63) is 0 Å². The first-order valence-electron chi connectivity index (χ1n) is 2.33. The molecule has 0 saturated carbocycles. The van der Waals surface area contributed by atoms with Crippen LogP contribution in [0.1, 0.15) is 0 Å². The molecule has 0 fully saturated rings. The zero-order valence-electron chi connectivity index (χ0n) is 4.47. The van der Waals surface area contributed by atoms with Gasteiger partial charge in [-0.3, -0.25) is 8.60 Å². The van der Waals surface area contributed by atoms with Crippen LogP contribution in [0.2, 0.25) is 0 Å². The summed E-state index contributed by atoms with van der Waals surface area (Å²) in [6.45, 7) is -0.681. The molecule has 0 aromatic heterocycles. The van der Waals surface area contributed by atoms with Crippen molar-refractivity contribution < 1.29 is 13.7 Å². The standard InChI is InChI=1S/C4H9FO2S/c5-1-3-8(7)4-2-6/h6H,1-4H2. The fourth-order valence-electron chi connectivity index (χ4n) is 0.290. The molecule has 0 saturated heterocycles. The molecule has 4 heteroatoms. The van der Waals surface area contributed by atoms with Crippen LogP contribution in [-0.2, 0) is 10.8 Å². The molecule has 0 heterocycles. The van der Waals surface area contributed by atoms with Gasteiger partial charge in [0.2, 0.25) is 0 Å². The quantitative estimate of drug-likeness (QED) is 0.582. The molecule has 0 radical (unpaired) electrons. The maximum absolute atomic E-state index is 11.3. The van der Waals surface area contributed by atoms with Crippen LogP contribution in [0.15, 0.2) is 0 Å². The second-order valence-electron chi connectivity index (χ2n) is 1.26. The molecule has 0 spiro atoms. The van der Waals surface area contributed by atoms with Gasteiger partial charge in [-0.25, -0.2) is 0 Å². The van der Waals surface area contributed by atoms with E-state index >= 15 is 0 Å². The summed E-state index contributed by atoms with van der Waals surface area (Å²) < 4.78 is 21.6. The summed E-state index contributed by atoms with van der Waals surface area (Å²) >= 11 is 0. The Bertz CT molecular complexity index is 68.4. The molecule has 50 valence electrons. The van der Waals surface area contributed by atoms with Crippen LogP contribution >= 0.6 is 0 Å². The third-order valence-electron chi connectivity index (χ3n) is 0.624. The summed E-state index contributed by atoms with van der Waals surface area (Å²) in [5, 5.41) is 8.15. The highest BCUT2D eigenvalue weighted by Gasteiger charge is 1.94. The Kier molecular flexibility index (Phi) is 5.21. The van der Waals surface area contributed by atoms with Gasteiger partial charge >= 0.3 is 0 Å². The molecular formula is C4H9FO2S. The van der Waals surface area contributed by atoms with E-state index in [0.29, 0.717) is 0 Å². The molecule has 0 rings (SSSR count). The summed E-state index contributed by atoms with van der Waals surface area (Å²) in [5.74, 6) is 0.254. The maximum atomic E-state index is 11.3. The van der Waals surface area contributed by atoms with Crippen LogP contribution in [0, 0.1) is 0 Å². The molecule has 0 aromatic rings. The van der Waals surface area contributed by atoms with Crippen molar-refractivity contribution in [2.45, 2.75) is 0 Å². The second-order valence-corrected chi connectivity index (χ2v) is 2.96. The van der Waals surface area contributed by atoms with E-state index < -0.39 is 17.5 Å². The SMILES string of the molecule is O=S(CCO)CCF. The summed E-state index contributed by atoms with van der Waals surface area (Å²) in [7, 11) is -1.15. The van der Waals surface area contributed by atoms with E-state index in [1.807, 2.05) is 0 Å². The number of aliphatic hydroxyl groups is 1. The van der Waals surface area contributed by atoms with Crippen molar-refractivity contribution >= 4 is 10.8 Å². The molecule has 0 aliphatic heterocycles. The number of hydrogen-bond donors (Lipinski definition) is 1. The molecule has 1 N–H and O–H groups in total. The first kappa shape index (κ1) is 8.04. The maximum Gasteiger partial charge on any atom is 0.101 e. The van der Waals surface area contributed by atoms with Gasteiger partial charge in [0.05, 0.1) is 12.4 Å². The first-order valence-corrected chi connectivity index (χ1v) is 3.82. The van der Waals surface area contributed by atoms with Gasteiger partial charge in [0.15, 0.2) is 0 Å². The van der Waals surface area contributed by atoms with Crippen molar-refractivity contribution in [2.24, 2.45) is 0 Å². The molecule has 0 aliphatic rings. The van der Waals surface area contributed by atoms with Crippen molar-refractivity contribution in [2.75, 3.05) is 24.8 Å². The van der Waals surface area contributed by atoms with Crippen LogP contribution in [0.5, 0.6) is 0 Å². The van der Waals surface area contributed by atoms with E-state index in [-0.39, 0.29) is 18.1 Å². The third-order valence-corrected chi connectivity index (χ3v) is 1.87. The van der Waals surface area contributed by atoms with E-state index in [1.54, 1.807) is 0 Å². The lowest BCUT2D eigenvalue weighted by molar-refractivity contribution is 0.321. The minimum absolute atomic E-state index is 0.0561. The van der Waals surface area contributed by atoms with Crippen molar-refractivity contribution in [3.63, 3.8) is 0 Å². The smallest absolute Gasteiger partial charge is 0.101 e. The minimum Gasteiger partial charge on any atom is -0.395 e. The fraction of sp³-hybridized carbons (Fsp3) is 1.00. The highest BCUT2D eigenvalue weighted by molar-refractivity contribution is 7.85. The van der Waals surface area contributed by atoms with Gasteiger partial charge in [-0.15, -0.1) is 0 Å². The Balaban J connectivity index is 3.06. The summed E-state index contributed by atoms with van der Waals surface area (Å²) in [6, 6.07) is 0. The second kappa shape index (κ2) is 5.18. The van der Waals surface area contributed by atoms with E-state index in [9.17, 15) is 8.60 Å². The number of rotatable bonds is 4. The Labute approximate surface area is 50.2 Å². The summed E-state index contributed by atoms with van der Waals surface area (Å²) in [4.78, 5) is 0. The monoisotopic (exact) mass is 140 g/mol. The zero-order chi connectivity index (χ0) is 6.41. The summed E-state index contributed by atoms with van der Waals surface area (Å²) in [5.41, 5.74) is 0. The van der Waals surface area contributed by atoms with Crippen molar-refractivity contribution in [1.82, 2.24) is 0 Å². The normalized spacial score (nSPS) is 13.8. The van der Waals surface area contributed by atoms with Gasteiger partial charge in [-0.05, 0) is 0 Å². The van der Waals surface area contributed by atoms with Crippen LogP contribution < -0.4 is 0 Å². The van der Waals surface area contributed by atoms with Crippen LogP contribution in [0.3, 0.4) is 0 Å². The Morgan fingerprint density at radius 1 is 1.50 bits per heavy atom. The average Bonchev–Trinajstić information content (AvgIpc) is 1.68. The topological polar surface area (TPSA) is 37.3 Å². The van der Waals surface area contributed by atoms with Crippen molar-refractivity contribution in [1.29, 1.82) is 0 Å². The third kappa shape index (κ3) is 4.21. The fourth-order valence-corrected chi connectivity index (χ4v) is 0.870. The predicted octanol–water partition coefficient (Wildman–Crippen LogP) is -0.303. The molecular weight excluding hydrogens is 131 g/mol. The number of halogens is 1. The highest BCUT2D eigenvalue weighted by atomic mass is 32.2. The van der Waals surface area contributed by atoms with Gasteiger partial charge < -0.3 is 5.11 Å². The minimum atomic E-state index is -1.15. The van der Waals surface area contributed by atoms with E-state index in [1.165, 1.54) is 0 Å². The highest BCUT2D eigenvalue weighted by Crippen LogP contribution is 1.80.